The van der Waals surface area contributed by atoms with Crippen LogP contribution in [-0.4, -0.2) is 28.7 Å². The maximum absolute atomic E-state index is 12.2. The zero-order chi connectivity index (χ0) is 12.3. The quantitative estimate of drug-likeness (QED) is 0.830. The number of aryl methyl sites for hydroxylation is 1. The van der Waals surface area contributed by atoms with Gasteiger partial charge in [0.15, 0.2) is 5.82 Å². The van der Waals surface area contributed by atoms with E-state index in [2.05, 4.69) is 16.8 Å². The summed E-state index contributed by atoms with van der Waals surface area (Å²) in [5.41, 5.74) is 5.74. The Kier molecular flexibility index (Phi) is 3.78. The smallest absolute Gasteiger partial charge is 0.293 e. The number of hydrogen-bond donors (Lipinski definition) is 1. The van der Waals surface area contributed by atoms with E-state index >= 15 is 0 Å². The summed E-state index contributed by atoms with van der Waals surface area (Å²) in [5.74, 6) is 0.564. The molecule has 17 heavy (non-hydrogen) atoms. The predicted octanol–water partition coefficient (Wildman–Crippen LogP) is 0.581. The standard InChI is InChI=1S/C12H20N4O/c1-2-6-15-8-5-14-11(12(15)17)16-7-3-4-10(16)9-13/h5,8,10H,2-4,6-7,9,13H2,1H3. The summed E-state index contributed by atoms with van der Waals surface area (Å²) in [6.07, 6.45) is 6.55. The van der Waals surface area contributed by atoms with E-state index in [1.165, 1.54) is 0 Å². The third-order valence-electron chi connectivity index (χ3n) is 3.28. The van der Waals surface area contributed by atoms with E-state index in [1.54, 1.807) is 17.0 Å². The van der Waals surface area contributed by atoms with Gasteiger partial charge < -0.3 is 15.2 Å². The van der Waals surface area contributed by atoms with Gasteiger partial charge in [0.2, 0.25) is 0 Å². The lowest BCUT2D eigenvalue weighted by atomic mass is 10.2. The molecule has 94 valence electrons. The highest BCUT2D eigenvalue weighted by Gasteiger charge is 2.26. The molecule has 0 radical (unpaired) electrons. The third-order valence-corrected chi connectivity index (χ3v) is 3.28. The number of rotatable bonds is 4. The molecule has 0 aromatic carbocycles. The van der Waals surface area contributed by atoms with Crippen molar-refractivity contribution in [2.75, 3.05) is 18.0 Å². The Bertz CT molecular complexity index is 429. The van der Waals surface area contributed by atoms with Crippen molar-refractivity contribution in [3.8, 4) is 0 Å². The Morgan fingerprint density at radius 2 is 2.41 bits per heavy atom. The van der Waals surface area contributed by atoms with Crippen LogP contribution in [0.5, 0.6) is 0 Å². The predicted molar refractivity (Wildman–Crippen MR) is 68.2 cm³/mol. The molecule has 1 unspecified atom stereocenters. The average molecular weight is 236 g/mol. The monoisotopic (exact) mass is 236 g/mol. The molecule has 0 saturated carbocycles. The molecule has 2 heterocycles. The van der Waals surface area contributed by atoms with Gasteiger partial charge in [-0.25, -0.2) is 4.98 Å². The number of nitrogens with two attached hydrogens (primary N) is 1. The minimum atomic E-state index is 0.00898. The Balaban J connectivity index is 2.32. The largest absolute Gasteiger partial charge is 0.348 e. The first-order chi connectivity index (χ1) is 8.27. The number of anilines is 1. The summed E-state index contributed by atoms with van der Waals surface area (Å²) >= 11 is 0. The summed E-state index contributed by atoms with van der Waals surface area (Å²) in [6.45, 7) is 4.28. The zero-order valence-corrected chi connectivity index (χ0v) is 10.3. The third kappa shape index (κ3) is 2.34. The molecule has 1 fully saturated rings. The first kappa shape index (κ1) is 12.1. The van der Waals surface area contributed by atoms with Gasteiger partial charge >= 0.3 is 0 Å². The SMILES string of the molecule is CCCn1ccnc(N2CCCC2CN)c1=O. The first-order valence-corrected chi connectivity index (χ1v) is 6.30. The summed E-state index contributed by atoms with van der Waals surface area (Å²) in [6, 6.07) is 0.271. The highest BCUT2D eigenvalue weighted by Crippen LogP contribution is 2.20. The van der Waals surface area contributed by atoms with E-state index in [-0.39, 0.29) is 11.6 Å². The molecule has 0 amide bonds. The lowest BCUT2D eigenvalue weighted by molar-refractivity contribution is 0.628. The fourth-order valence-electron chi connectivity index (χ4n) is 2.41. The average Bonchev–Trinajstić information content (AvgIpc) is 2.80. The molecule has 1 atom stereocenters. The lowest BCUT2D eigenvalue weighted by Gasteiger charge is -2.24. The van der Waals surface area contributed by atoms with Crippen LogP contribution < -0.4 is 16.2 Å². The Morgan fingerprint density at radius 1 is 1.59 bits per heavy atom. The molecule has 5 nitrogen and oxygen atoms in total. The van der Waals surface area contributed by atoms with Crippen LogP contribution in [0.15, 0.2) is 17.2 Å². The van der Waals surface area contributed by atoms with Gasteiger partial charge in [0.25, 0.3) is 5.56 Å². The van der Waals surface area contributed by atoms with E-state index in [0.29, 0.717) is 12.4 Å². The van der Waals surface area contributed by atoms with Crippen LogP contribution in [0.4, 0.5) is 5.82 Å². The van der Waals surface area contributed by atoms with Crippen molar-refractivity contribution in [3.05, 3.63) is 22.7 Å². The van der Waals surface area contributed by atoms with Crippen molar-refractivity contribution >= 4 is 5.82 Å². The highest BCUT2D eigenvalue weighted by molar-refractivity contribution is 5.38. The van der Waals surface area contributed by atoms with Crippen molar-refractivity contribution in [2.45, 2.75) is 38.8 Å². The first-order valence-electron chi connectivity index (χ1n) is 6.30. The van der Waals surface area contributed by atoms with Crippen LogP contribution in [-0.2, 0) is 6.54 Å². The van der Waals surface area contributed by atoms with E-state index in [1.807, 2.05) is 0 Å². The van der Waals surface area contributed by atoms with Crippen molar-refractivity contribution in [2.24, 2.45) is 5.73 Å². The van der Waals surface area contributed by atoms with Gasteiger partial charge in [-0.2, -0.15) is 0 Å². The van der Waals surface area contributed by atoms with Gasteiger partial charge in [-0.1, -0.05) is 6.92 Å². The summed E-state index contributed by atoms with van der Waals surface area (Å²) in [7, 11) is 0. The summed E-state index contributed by atoms with van der Waals surface area (Å²) in [5, 5.41) is 0. The fourth-order valence-corrected chi connectivity index (χ4v) is 2.41. The van der Waals surface area contributed by atoms with E-state index in [9.17, 15) is 4.79 Å². The van der Waals surface area contributed by atoms with Crippen LogP contribution in [0.1, 0.15) is 26.2 Å². The molecule has 1 aliphatic rings. The molecule has 0 spiro atoms. The molecule has 1 saturated heterocycles. The molecule has 5 heteroatoms. The molecule has 0 aliphatic carbocycles. The van der Waals surface area contributed by atoms with Crippen LogP contribution >= 0.6 is 0 Å². The second-order valence-electron chi connectivity index (χ2n) is 4.47. The minimum Gasteiger partial charge on any atom is -0.348 e. The lowest BCUT2D eigenvalue weighted by Crippen LogP contribution is -2.40. The molecular formula is C12H20N4O. The molecular weight excluding hydrogens is 216 g/mol. The van der Waals surface area contributed by atoms with Crippen LogP contribution in [0.25, 0.3) is 0 Å². The van der Waals surface area contributed by atoms with Crippen molar-refractivity contribution < 1.29 is 0 Å². The second-order valence-corrected chi connectivity index (χ2v) is 4.47. The Labute approximate surface area is 101 Å². The van der Waals surface area contributed by atoms with Crippen LogP contribution in [0.2, 0.25) is 0 Å². The van der Waals surface area contributed by atoms with Gasteiger partial charge in [-0.05, 0) is 19.3 Å². The van der Waals surface area contributed by atoms with Crippen molar-refractivity contribution in [3.63, 3.8) is 0 Å². The van der Waals surface area contributed by atoms with Gasteiger partial charge in [0, 0.05) is 38.1 Å². The molecule has 2 N–H and O–H groups in total. The summed E-state index contributed by atoms with van der Waals surface area (Å²) < 4.78 is 1.73. The molecule has 1 aromatic heterocycles. The van der Waals surface area contributed by atoms with Gasteiger partial charge in [-0.3, -0.25) is 4.79 Å². The van der Waals surface area contributed by atoms with Crippen molar-refractivity contribution in [1.29, 1.82) is 0 Å². The van der Waals surface area contributed by atoms with Crippen molar-refractivity contribution in [1.82, 2.24) is 9.55 Å². The molecule has 1 aromatic rings. The minimum absolute atomic E-state index is 0.00898. The van der Waals surface area contributed by atoms with Gasteiger partial charge in [0.1, 0.15) is 0 Å². The number of nitrogens with zero attached hydrogens (tertiary/aromatic N) is 3. The second kappa shape index (κ2) is 5.31. The molecule has 1 aliphatic heterocycles. The van der Waals surface area contributed by atoms with E-state index in [4.69, 9.17) is 5.73 Å². The van der Waals surface area contributed by atoms with Gasteiger partial charge in [0.05, 0.1) is 0 Å². The van der Waals surface area contributed by atoms with Crippen LogP contribution in [0.3, 0.4) is 0 Å². The molecule has 2 rings (SSSR count). The number of aromatic nitrogens is 2. The fraction of sp³-hybridized carbons (Fsp3) is 0.667. The zero-order valence-electron chi connectivity index (χ0n) is 10.3. The topological polar surface area (TPSA) is 64.2 Å². The van der Waals surface area contributed by atoms with Gasteiger partial charge in [-0.15, -0.1) is 0 Å². The maximum atomic E-state index is 12.2. The van der Waals surface area contributed by atoms with E-state index < -0.39 is 0 Å². The molecule has 0 bridgehead atoms. The number of hydrogen-bond acceptors (Lipinski definition) is 4. The normalized spacial score (nSPS) is 19.9. The van der Waals surface area contributed by atoms with Crippen LogP contribution in [0, 0.1) is 0 Å². The summed E-state index contributed by atoms with van der Waals surface area (Å²) in [4.78, 5) is 18.5. The van der Waals surface area contributed by atoms with E-state index in [0.717, 1.165) is 32.4 Å². The maximum Gasteiger partial charge on any atom is 0.293 e. The Morgan fingerprint density at radius 3 is 3.12 bits per heavy atom. The highest BCUT2D eigenvalue weighted by atomic mass is 16.1. The Hall–Kier alpha value is -1.36.